The van der Waals surface area contributed by atoms with E-state index in [9.17, 15) is 4.79 Å². The maximum atomic E-state index is 11.2. The zero-order chi connectivity index (χ0) is 8.97. The Hall–Kier alpha value is -0.640. The monoisotopic (exact) mass is 186 g/mol. The van der Waals surface area contributed by atoms with Crippen LogP contribution in [0.1, 0.15) is 32.5 Å². The number of rotatable bonds is 4. The zero-order valence-corrected chi connectivity index (χ0v) is 8.36. The lowest BCUT2D eigenvalue weighted by Gasteiger charge is -2.01. The number of nitrogens with zero attached hydrogens (tertiary/aromatic N) is 2. The van der Waals surface area contributed by atoms with Gasteiger partial charge in [0.25, 0.3) is 0 Å². The zero-order valence-electron chi connectivity index (χ0n) is 7.54. The van der Waals surface area contributed by atoms with Crippen molar-refractivity contribution in [3.05, 3.63) is 15.5 Å². The summed E-state index contributed by atoms with van der Waals surface area (Å²) in [5.74, 6) is 0.929. The molecule has 0 saturated carbocycles. The molecule has 68 valence electrons. The Morgan fingerprint density at radius 1 is 1.50 bits per heavy atom. The molecule has 0 aliphatic rings. The van der Waals surface area contributed by atoms with Gasteiger partial charge in [-0.25, -0.2) is 0 Å². The van der Waals surface area contributed by atoms with E-state index in [-0.39, 0.29) is 4.87 Å². The van der Waals surface area contributed by atoms with Gasteiger partial charge in [-0.15, -0.1) is 0 Å². The summed E-state index contributed by atoms with van der Waals surface area (Å²) in [6.45, 7) is 4.97. The summed E-state index contributed by atoms with van der Waals surface area (Å²) >= 11 is 1.06. The molecule has 0 aliphatic heterocycles. The van der Waals surface area contributed by atoms with Gasteiger partial charge in [-0.05, 0) is 6.42 Å². The molecule has 12 heavy (non-hydrogen) atoms. The van der Waals surface area contributed by atoms with Crippen molar-refractivity contribution in [2.24, 2.45) is 0 Å². The van der Waals surface area contributed by atoms with Crippen molar-refractivity contribution >= 4 is 11.5 Å². The molecule has 0 aliphatic carbocycles. The van der Waals surface area contributed by atoms with Crippen molar-refractivity contribution in [1.29, 1.82) is 0 Å². The number of hydrogen-bond donors (Lipinski definition) is 0. The molecule has 0 radical (unpaired) electrons. The van der Waals surface area contributed by atoms with Crippen LogP contribution in [0.2, 0.25) is 0 Å². The van der Waals surface area contributed by atoms with E-state index in [0.29, 0.717) is 0 Å². The van der Waals surface area contributed by atoms with Crippen molar-refractivity contribution in [3.8, 4) is 0 Å². The van der Waals surface area contributed by atoms with Crippen LogP contribution in [0.3, 0.4) is 0 Å². The molecule has 1 heterocycles. The van der Waals surface area contributed by atoms with Crippen molar-refractivity contribution in [1.82, 2.24) is 8.94 Å². The van der Waals surface area contributed by atoms with E-state index < -0.39 is 0 Å². The Morgan fingerprint density at radius 2 is 2.25 bits per heavy atom. The van der Waals surface area contributed by atoms with Gasteiger partial charge >= 0.3 is 4.87 Å². The number of hydrogen-bond acceptors (Lipinski definition) is 3. The maximum absolute atomic E-state index is 11.2. The normalized spacial score (nSPS) is 10.5. The molecular weight excluding hydrogens is 172 g/mol. The molecule has 0 fully saturated rings. The third-order valence-electron chi connectivity index (χ3n) is 1.81. The van der Waals surface area contributed by atoms with Crippen LogP contribution < -0.4 is 4.87 Å². The first-order valence-electron chi connectivity index (χ1n) is 4.35. The van der Waals surface area contributed by atoms with Crippen LogP contribution in [-0.2, 0) is 13.0 Å². The Balaban J connectivity index is 2.79. The van der Waals surface area contributed by atoms with Gasteiger partial charge in [-0.3, -0.25) is 9.36 Å². The molecular formula is C8H14N2OS. The number of aryl methyl sites for hydroxylation is 1. The molecule has 1 aromatic heterocycles. The average molecular weight is 186 g/mol. The minimum Gasteiger partial charge on any atom is -0.286 e. The SMILES string of the molecule is CCCCn1c(CC)nsc1=O. The van der Waals surface area contributed by atoms with E-state index in [1.807, 2.05) is 6.92 Å². The molecule has 0 amide bonds. The van der Waals surface area contributed by atoms with Gasteiger partial charge in [-0.1, -0.05) is 20.3 Å². The van der Waals surface area contributed by atoms with Crippen molar-refractivity contribution < 1.29 is 0 Å². The van der Waals surface area contributed by atoms with E-state index in [0.717, 1.165) is 43.2 Å². The molecule has 0 bridgehead atoms. The third kappa shape index (κ3) is 1.94. The predicted octanol–water partition coefficient (Wildman–Crippen LogP) is 1.67. The van der Waals surface area contributed by atoms with Crippen molar-refractivity contribution in [3.63, 3.8) is 0 Å². The molecule has 4 heteroatoms. The number of unbranched alkanes of at least 4 members (excludes halogenated alkanes) is 1. The quantitative estimate of drug-likeness (QED) is 0.717. The summed E-state index contributed by atoms with van der Waals surface area (Å²) in [5, 5.41) is 0. The van der Waals surface area contributed by atoms with Gasteiger partial charge in [0.1, 0.15) is 5.82 Å². The highest BCUT2D eigenvalue weighted by Crippen LogP contribution is 1.99. The van der Waals surface area contributed by atoms with Crippen LogP contribution in [0.5, 0.6) is 0 Å². The lowest BCUT2D eigenvalue weighted by molar-refractivity contribution is 0.593. The molecule has 1 rings (SSSR count). The van der Waals surface area contributed by atoms with Crippen molar-refractivity contribution in [2.45, 2.75) is 39.7 Å². The van der Waals surface area contributed by atoms with Crippen LogP contribution in [0.25, 0.3) is 0 Å². The highest BCUT2D eigenvalue weighted by molar-refractivity contribution is 7.02. The summed E-state index contributed by atoms with van der Waals surface area (Å²) in [4.78, 5) is 11.3. The predicted molar refractivity (Wildman–Crippen MR) is 50.7 cm³/mol. The van der Waals surface area contributed by atoms with Gasteiger partial charge in [0.15, 0.2) is 0 Å². The fraction of sp³-hybridized carbons (Fsp3) is 0.750. The van der Waals surface area contributed by atoms with Gasteiger partial charge in [0.05, 0.1) is 0 Å². The first-order chi connectivity index (χ1) is 5.79. The van der Waals surface area contributed by atoms with Crippen LogP contribution >= 0.6 is 11.5 Å². The Morgan fingerprint density at radius 3 is 2.83 bits per heavy atom. The molecule has 0 saturated heterocycles. The minimum atomic E-state index is 0.0836. The summed E-state index contributed by atoms with van der Waals surface area (Å²) in [5.41, 5.74) is 0. The van der Waals surface area contributed by atoms with E-state index in [4.69, 9.17) is 0 Å². The largest absolute Gasteiger partial charge is 0.326 e. The second-order valence-electron chi connectivity index (χ2n) is 2.72. The summed E-state index contributed by atoms with van der Waals surface area (Å²) < 4.78 is 5.87. The molecule has 0 aromatic carbocycles. The molecule has 0 spiro atoms. The second-order valence-corrected chi connectivity index (χ2v) is 3.44. The standard InChI is InChI=1S/C8H14N2OS/c1-3-5-6-10-7(4-2)9-12-8(10)11/h3-6H2,1-2H3. The van der Waals surface area contributed by atoms with Gasteiger partial charge in [0, 0.05) is 24.5 Å². The highest BCUT2D eigenvalue weighted by atomic mass is 32.1. The summed E-state index contributed by atoms with van der Waals surface area (Å²) in [7, 11) is 0. The third-order valence-corrected chi connectivity index (χ3v) is 2.49. The topological polar surface area (TPSA) is 34.9 Å². The smallest absolute Gasteiger partial charge is 0.286 e. The van der Waals surface area contributed by atoms with Crippen LogP contribution in [0.15, 0.2) is 4.79 Å². The minimum absolute atomic E-state index is 0.0836. The highest BCUT2D eigenvalue weighted by Gasteiger charge is 2.04. The molecule has 1 aromatic rings. The Kier molecular flexibility index (Phi) is 3.47. The van der Waals surface area contributed by atoms with Crippen molar-refractivity contribution in [2.75, 3.05) is 0 Å². The lowest BCUT2D eigenvalue weighted by atomic mass is 10.3. The second kappa shape index (κ2) is 4.40. The van der Waals surface area contributed by atoms with E-state index >= 15 is 0 Å². The van der Waals surface area contributed by atoms with E-state index in [2.05, 4.69) is 11.3 Å². The van der Waals surface area contributed by atoms with Crippen LogP contribution in [0, 0.1) is 0 Å². The van der Waals surface area contributed by atoms with E-state index in [1.165, 1.54) is 0 Å². The number of aromatic nitrogens is 2. The van der Waals surface area contributed by atoms with E-state index in [1.54, 1.807) is 4.57 Å². The molecule has 0 N–H and O–H groups in total. The first-order valence-corrected chi connectivity index (χ1v) is 5.12. The van der Waals surface area contributed by atoms with Gasteiger partial charge in [-0.2, -0.15) is 4.37 Å². The Bertz CT molecular complexity index is 289. The van der Waals surface area contributed by atoms with Crippen LogP contribution in [0.4, 0.5) is 0 Å². The molecule has 0 atom stereocenters. The van der Waals surface area contributed by atoms with Gasteiger partial charge < -0.3 is 0 Å². The molecule has 0 unspecified atom stereocenters. The summed E-state index contributed by atoms with van der Waals surface area (Å²) in [6.07, 6.45) is 3.03. The average Bonchev–Trinajstić information content (AvgIpc) is 2.43. The Labute approximate surface area is 76.2 Å². The molecule has 3 nitrogen and oxygen atoms in total. The lowest BCUT2D eigenvalue weighted by Crippen LogP contribution is -2.15. The summed E-state index contributed by atoms with van der Waals surface area (Å²) in [6, 6.07) is 0. The fourth-order valence-corrected chi connectivity index (χ4v) is 1.79. The first kappa shape index (κ1) is 9.45. The maximum Gasteiger partial charge on any atom is 0.326 e. The van der Waals surface area contributed by atoms with Crippen LogP contribution in [-0.4, -0.2) is 8.94 Å². The fourth-order valence-electron chi connectivity index (χ4n) is 1.09. The van der Waals surface area contributed by atoms with Gasteiger partial charge in [0.2, 0.25) is 0 Å².